The fourth-order valence-electron chi connectivity index (χ4n) is 0.837. The van der Waals surface area contributed by atoms with Crippen molar-refractivity contribution in [3.63, 3.8) is 0 Å². The van der Waals surface area contributed by atoms with Crippen LogP contribution in [0.5, 0.6) is 5.75 Å². The van der Waals surface area contributed by atoms with E-state index in [1.165, 1.54) is 0 Å². The second-order valence-electron chi connectivity index (χ2n) is 2.53. The minimum absolute atomic E-state index is 0.116. The highest BCUT2D eigenvalue weighted by Crippen LogP contribution is 2.38. The summed E-state index contributed by atoms with van der Waals surface area (Å²) in [6, 6.07) is 0.116. The Labute approximate surface area is 88.9 Å². The second kappa shape index (κ2) is 3.92. The number of alkyl halides is 5. The number of nitrogens with zero attached hydrogens (tertiary/aromatic N) is 1. The molecule has 1 heterocycles. The molecule has 0 fully saturated rings. The van der Waals surface area contributed by atoms with Crippen LogP contribution in [0.4, 0.5) is 22.0 Å². The van der Waals surface area contributed by atoms with E-state index in [9.17, 15) is 22.0 Å². The Bertz CT molecular complexity index is 378. The molecule has 0 radical (unpaired) electrons. The van der Waals surface area contributed by atoms with E-state index in [2.05, 4.69) is 20.9 Å². The zero-order valence-electron chi connectivity index (χ0n) is 6.82. The number of pyridine rings is 1. The van der Waals surface area contributed by atoms with Crippen molar-refractivity contribution >= 4 is 15.9 Å². The smallest absolute Gasteiger partial charge is 0.433 e. The van der Waals surface area contributed by atoms with Gasteiger partial charge in [-0.25, -0.2) is 13.8 Å². The molecule has 0 aliphatic rings. The lowest BCUT2D eigenvalue weighted by atomic mass is 10.2. The van der Waals surface area contributed by atoms with Gasteiger partial charge in [-0.05, 0) is 22.0 Å². The van der Waals surface area contributed by atoms with Gasteiger partial charge in [-0.2, -0.15) is 13.2 Å². The first kappa shape index (κ1) is 12.2. The van der Waals surface area contributed by atoms with Gasteiger partial charge in [-0.1, -0.05) is 0 Å². The van der Waals surface area contributed by atoms with Gasteiger partial charge in [-0.15, -0.1) is 0 Å². The van der Waals surface area contributed by atoms with Crippen LogP contribution >= 0.6 is 15.9 Å². The fourth-order valence-corrected chi connectivity index (χ4v) is 1.26. The number of rotatable bonds is 1. The van der Waals surface area contributed by atoms with Crippen molar-refractivity contribution < 1.29 is 27.1 Å². The van der Waals surface area contributed by atoms with E-state index in [4.69, 9.17) is 5.11 Å². The number of hydrogen-bond donors (Lipinski definition) is 1. The van der Waals surface area contributed by atoms with Crippen molar-refractivity contribution in [1.29, 1.82) is 0 Å². The summed E-state index contributed by atoms with van der Waals surface area (Å²) in [4.78, 5) is 2.90. The van der Waals surface area contributed by atoms with E-state index in [0.29, 0.717) is 0 Å². The van der Waals surface area contributed by atoms with Crippen LogP contribution in [0.15, 0.2) is 10.7 Å². The number of hydrogen-bond acceptors (Lipinski definition) is 2. The van der Waals surface area contributed by atoms with E-state index in [0.717, 1.165) is 0 Å². The first-order valence-corrected chi connectivity index (χ1v) is 4.27. The molecule has 15 heavy (non-hydrogen) atoms. The standard InChI is InChI=1S/C7H3BrF5NO/c8-5-4(15)2(6(9)10)1-3(14-5)7(11,12)13/h1,6,15H. The molecule has 0 amide bonds. The van der Waals surface area contributed by atoms with E-state index >= 15 is 0 Å². The second-order valence-corrected chi connectivity index (χ2v) is 3.29. The van der Waals surface area contributed by atoms with E-state index < -0.39 is 34.2 Å². The summed E-state index contributed by atoms with van der Waals surface area (Å²) in [6.45, 7) is 0. The van der Waals surface area contributed by atoms with Gasteiger partial charge >= 0.3 is 6.18 Å². The predicted octanol–water partition coefficient (Wildman–Crippen LogP) is 3.51. The van der Waals surface area contributed by atoms with Crippen molar-refractivity contribution in [1.82, 2.24) is 4.98 Å². The fraction of sp³-hybridized carbons (Fsp3) is 0.286. The number of halogens is 6. The maximum absolute atomic E-state index is 12.2. The van der Waals surface area contributed by atoms with Gasteiger partial charge in [0.15, 0.2) is 5.75 Å². The van der Waals surface area contributed by atoms with Crippen LogP contribution in [0, 0.1) is 0 Å². The summed E-state index contributed by atoms with van der Waals surface area (Å²) < 4.78 is 60.1. The van der Waals surface area contributed by atoms with Crippen molar-refractivity contribution in [3.05, 3.63) is 21.9 Å². The van der Waals surface area contributed by atoms with E-state index in [1.54, 1.807) is 0 Å². The highest BCUT2D eigenvalue weighted by molar-refractivity contribution is 9.10. The molecule has 0 saturated heterocycles. The van der Waals surface area contributed by atoms with Gasteiger partial charge in [-0.3, -0.25) is 0 Å². The highest BCUT2D eigenvalue weighted by Gasteiger charge is 2.35. The summed E-state index contributed by atoms with van der Waals surface area (Å²) in [5.74, 6) is -0.988. The highest BCUT2D eigenvalue weighted by atomic mass is 79.9. The van der Waals surface area contributed by atoms with Gasteiger partial charge in [0.25, 0.3) is 6.43 Å². The maximum atomic E-state index is 12.2. The lowest BCUT2D eigenvalue weighted by Crippen LogP contribution is -2.09. The Morgan fingerprint density at radius 1 is 1.33 bits per heavy atom. The molecule has 0 unspecified atom stereocenters. The Kier molecular flexibility index (Phi) is 3.17. The summed E-state index contributed by atoms with van der Waals surface area (Å²) in [7, 11) is 0. The molecule has 0 aromatic carbocycles. The molecule has 0 bridgehead atoms. The summed E-state index contributed by atoms with van der Waals surface area (Å²) >= 11 is 2.46. The Hall–Kier alpha value is -0.920. The molecule has 1 N–H and O–H groups in total. The van der Waals surface area contributed by atoms with Crippen LogP contribution in [0.3, 0.4) is 0 Å². The normalized spacial score (nSPS) is 12.2. The molecule has 0 saturated carbocycles. The SMILES string of the molecule is Oc1c(C(F)F)cc(C(F)(F)F)nc1Br. The van der Waals surface area contributed by atoms with Crippen LogP contribution in [0.2, 0.25) is 0 Å². The van der Waals surface area contributed by atoms with Crippen LogP contribution in [-0.4, -0.2) is 10.1 Å². The van der Waals surface area contributed by atoms with E-state index in [1.807, 2.05) is 0 Å². The molecule has 2 nitrogen and oxygen atoms in total. The zero-order valence-corrected chi connectivity index (χ0v) is 8.40. The first-order valence-electron chi connectivity index (χ1n) is 3.48. The Balaban J connectivity index is 3.36. The summed E-state index contributed by atoms with van der Waals surface area (Å²) in [5, 5.41) is 9.00. The van der Waals surface area contributed by atoms with Gasteiger partial charge in [0.05, 0.1) is 5.56 Å². The topological polar surface area (TPSA) is 33.1 Å². The third kappa shape index (κ3) is 2.55. The lowest BCUT2D eigenvalue weighted by molar-refractivity contribution is -0.141. The van der Waals surface area contributed by atoms with E-state index in [-0.39, 0.29) is 6.07 Å². The Morgan fingerprint density at radius 3 is 2.27 bits per heavy atom. The van der Waals surface area contributed by atoms with Crippen molar-refractivity contribution in [3.8, 4) is 5.75 Å². The minimum Gasteiger partial charge on any atom is -0.505 e. The number of aromatic nitrogens is 1. The first-order chi connectivity index (χ1) is 6.73. The van der Waals surface area contributed by atoms with Crippen molar-refractivity contribution in [2.75, 3.05) is 0 Å². The molecule has 0 aliphatic carbocycles. The molecule has 0 atom stereocenters. The van der Waals surface area contributed by atoms with Crippen LogP contribution in [0.1, 0.15) is 17.7 Å². The van der Waals surface area contributed by atoms with Crippen LogP contribution in [0.25, 0.3) is 0 Å². The lowest BCUT2D eigenvalue weighted by Gasteiger charge is -2.10. The van der Waals surface area contributed by atoms with Crippen LogP contribution < -0.4 is 0 Å². The molecular formula is C7H3BrF5NO. The molecule has 0 spiro atoms. The average Bonchev–Trinajstić information content (AvgIpc) is 2.06. The van der Waals surface area contributed by atoms with Crippen molar-refractivity contribution in [2.45, 2.75) is 12.6 Å². The molecule has 84 valence electrons. The minimum atomic E-state index is -4.83. The average molecular weight is 292 g/mol. The third-order valence-corrected chi connectivity index (χ3v) is 2.06. The molecule has 1 rings (SSSR count). The maximum Gasteiger partial charge on any atom is 0.433 e. The van der Waals surface area contributed by atoms with Crippen molar-refractivity contribution in [2.24, 2.45) is 0 Å². The molecule has 1 aromatic rings. The van der Waals surface area contributed by atoms with Gasteiger partial charge in [0.1, 0.15) is 10.3 Å². The zero-order chi connectivity index (χ0) is 11.8. The van der Waals surface area contributed by atoms with Gasteiger partial charge in [0.2, 0.25) is 0 Å². The molecular weight excluding hydrogens is 289 g/mol. The Morgan fingerprint density at radius 2 is 1.87 bits per heavy atom. The molecule has 1 aromatic heterocycles. The predicted molar refractivity (Wildman–Crippen MR) is 43.6 cm³/mol. The molecule has 8 heteroatoms. The number of aromatic hydroxyl groups is 1. The summed E-state index contributed by atoms with van der Waals surface area (Å²) in [6.07, 6.45) is -8.04. The van der Waals surface area contributed by atoms with Crippen LogP contribution in [-0.2, 0) is 6.18 Å². The molecule has 0 aliphatic heterocycles. The summed E-state index contributed by atoms with van der Waals surface area (Å²) in [5.41, 5.74) is -2.59. The van der Waals surface area contributed by atoms with Gasteiger partial charge in [0, 0.05) is 0 Å². The largest absolute Gasteiger partial charge is 0.505 e. The van der Waals surface area contributed by atoms with Gasteiger partial charge < -0.3 is 5.11 Å². The quantitative estimate of drug-likeness (QED) is 0.634. The monoisotopic (exact) mass is 291 g/mol. The third-order valence-electron chi connectivity index (χ3n) is 1.51.